The van der Waals surface area contributed by atoms with Gasteiger partial charge < -0.3 is 15.7 Å². The van der Waals surface area contributed by atoms with Crippen LogP contribution in [0.5, 0.6) is 0 Å². The van der Waals surface area contributed by atoms with Crippen LogP contribution in [0.2, 0.25) is 0 Å². The first-order chi connectivity index (χ1) is 8.10. The Morgan fingerprint density at radius 2 is 2.35 bits per heavy atom. The molecular formula is C11H12N2O3S. The zero-order valence-corrected chi connectivity index (χ0v) is 10.0. The summed E-state index contributed by atoms with van der Waals surface area (Å²) in [5.74, 6) is -0.527. The fraction of sp³-hybridized carbons (Fsp3) is 0.273. The first-order valence-corrected chi connectivity index (χ1v) is 6.00. The molecule has 0 bridgehead atoms. The SMILES string of the molecule is CC1Sc2ccc(NC(=O)CO)cc2NC1=O. The monoisotopic (exact) mass is 252 g/mol. The van der Waals surface area contributed by atoms with Crippen molar-refractivity contribution < 1.29 is 14.7 Å². The maximum Gasteiger partial charge on any atom is 0.250 e. The first-order valence-electron chi connectivity index (χ1n) is 5.12. The molecule has 0 saturated heterocycles. The standard InChI is InChI=1S/C11H12N2O3S/c1-6-11(16)13-8-4-7(12-10(15)5-14)2-3-9(8)17-6/h2-4,6,14H,5H2,1H3,(H,12,15)(H,13,16). The van der Waals surface area contributed by atoms with Crippen LogP contribution in [0, 0.1) is 0 Å². The Balaban J connectivity index is 2.22. The van der Waals surface area contributed by atoms with Crippen molar-refractivity contribution in [1.29, 1.82) is 0 Å². The molecule has 2 amide bonds. The summed E-state index contributed by atoms with van der Waals surface area (Å²) in [7, 11) is 0. The van der Waals surface area contributed by atoms with Gasteiger partial charge in [-0.1, -0.05) is 0 Å². The maximum absolute atomic E-state index is 11.5. The Morgan fingerprint density at radius 3 is 3.06 bits per heavy atom. The van der Waals surface area contributed by atoms with Crippen molar-refractivity contribution in [3.8, 4) is 0 Å². The molecule has 2 rings (SSSR count). The number of carbonyl (C=O) groups is 2. The van der Waals surface area contributed by atoms with Gasteiger partial charge in [-0.3, -0.25) is 9.59 Å². The lowest BCUT2D eigenvalue weighted by molar-refractivity contribution is -0.118. The van der Waals surface area contributed by atoms with Gasteiger partial charge in [0.15, 0.2) is 0 Å². The first kappa shape index (κ1) is 11.9. The number of hydrogen-bond donors (Lipinski definition) is 3. The van der Waals surface area contributed by atoms with Crippen molar-refractivity contribution >= 4 is 35.0 Å². The van der Waals surface area contributed by atoms with Crippen LogP contribution >= 0.6 is 11.8 Å². The molecule has 17 heavy (non-hydrogen) atoms. The molecule has 1 atom stereocenters. The molecule has 1 aliphatic heterocycles. The largest absolute Gasteiger partial charge is 0.387 e. The van der Waals surface area contributed by atoms with Gasteiger partial charge in [0.1, 0.15) is 6.61 Å². The minimum absolute atomic E-state index is 0.0480. The second-order valence-corrected chi connectivity index (χ2v) is 5.05. The number of aliphatic hydroxyl groups excluding tert-OH is 1. The Kier molecular flexibility index (Phi) is 3.35. The van der Waals surface area contributed by atoms with E-state index in [-0.39, 0.29) is 11.2 Å². The predicted octanol–water partition coefficient (Wildman–Crippen LogP) is 1.05. The highest BCUT2D eigenvalue weighted by atomic mass is 32.2. The van der Waals surface area contributed by atoms with Gasteiger partial charge in [0.05, 0.1) is 10.9 Å². The van der Waals surface area contributed by atoms with Crippen molar-refractivity contribution in [1.82, 2.24) is 0 Å². The summed E-state index contributed by atoms with van der Waals surface area (Å²) in [6.07, 6.45) is 0. The third-order valence-electron chi connectivity index (χ3n) is 2.34. The average Bonchev–Trinajstić information content (AvgIpc) is 2.31. The maximum atomic E-state index is 11.5. The van der Waals surface area contributed by atoms with Gasteiger partial charge in [0.2, 0.25) is 11.8 Å². The van der Waals surface area contributed by atoms with Gasteiger partial charge in [0, 0.05) is 10.6 Å². The molecule has 1 aromatic rings. The van der Waals surface area contributed by atoms with Crippen molar-refractivity contribution in [3.63, 3.8) is 0 Å². The third kappa shape index (κ3) is 2.59. The van der Waals surface area contributed by atoms with Crippen molar-refractivity contribution in [2.24, 2.45) is 0 Å². The number of amides is 2. The van der Waals surface area contributed by atoms with E-state index in [1.807, 2.05) is 13.0 Å². The van der Waals surface area contributed by atoms with E-state index in [0.29, 0.717) is 11.4 Å². The number of fused-ring (bicyclic) bond motifs is 1. The molecule has 1 heterocycles. The van der Waals surface area contributed by atoms with Gasteiger partial charge in [0.25, 0.3) is 0 Å². The minimum Gasteiger partial charge on any atom is -0.387 e. The summed E-state index contributed by atoms with van der Waals surface area (Å²) in [5, 5.41) is 13.8. The summed E-state index contributed by atoms with van der Waals surface area (Å²) in [5.41, 5.74) is 1.24. The summed E-state index contributed by atoms with van der Waals surface area (Å²) in [6, 6.07) is 5.26. The van der Waals surface area contributed by atoms with E-state index in [0.717, 1.165) is 4.90 Å². The van der Waals surface area contributed by atoms with Crippen LogP contribution < -0.4 is 10.6 Å². The number of hydrogen-bond acceptors (Lipinski definition) is 4. The second-order valence-electron chi connectivity index (χ2n) is 3.67. The molecule has 3 N–H and O–H groups in total. The van der Waals surface area contributed by atoms with Crippen LogP contribution in [0.25, 0.3) is 0 Å². The Labute approximate surface area is 103 Å². The van der Waals surface area contributed by atoms with Crippen molar-refractivity contribution in [2.45, 2.75) is 17.1 Å². The van der Waals surface area contributed by atoms with Crippen LogP contribution in [0.4, 0.5) is 11.4 Å². The molecule has 0 aliphatic carbocycles. The molecule has 0 radical (unpaired) electrons. The number of anilines is 2. The molecular weight excluding hydrogens is 240 g/mol. The van der Waals surface area contributed by atoms with E-state index in [1.165, 1.54) is 11.8 Å². The van der Waals surface area contributed by atoms with E-state index in [1.54, 1.807) is 12.1 Å². The molecule has 1 aromatic carbocycles. The fourth-order valence-corrected chi connectivity index (χ4v) is 2.42. The van der Waals surface area contributed by atoms with Gasteiger partial charge in [-0.25, -0.2) is 0 Å². The zero-order chi connectivity index (χ0) is 12.4. The highest BCUT2D eigenvalue weighted by Gasteiger charge is 2.22. The number of benzene rings is 1. The van der Waals surface area contributed by atoms with Gasteiger partial charge >= 0.3 is 0 Å². The molecule has 0 spiro atoms. The number of nitrogens with one attached hydrogen (secondary N) is 2. The van der Waals surface area contributed by atoms with Crippen molar-refractivity contribution in [2.75, 3.05) is 17.2 Å². The molecule has 0 saturated carbocycles. The molecule has 0 fully saturated rings. The van der Waals surface area contributed by atoms with Crippen LogP contribution in [0.3, 0.4) is 0 Å². The van der Waals surface area contributed by atoms with E-state index in [4.69, 9.17) is 5.11 Å². The third-order valence-corrected chi connectivity index (χ3v) is 3.52. The number of thioether (sulfide) groups is 1. The van der Waals surface area contributed by atoms with E-state index < -0.39 is 12.5 Å². The number of carbonyl (C=O) groups excluding carboxylic acids is 2. The highest BCUT2D eigenvalue weighted by Crippen LogP contribution is 2.36. The molecule has 6 heteroatoms. The lowest BCUT2D eigenvalue weighted by Gasteiger charge is -2.21. The second kappa shape index (κ2) is 4.77. The highest BCUT2D eigenvalue weighted by molar-refractivity contribution is 8.00. The van der Waals surface area contributed by atoms with Crippen LogP contribution in [0.1, 0.15) is 6.92 Å². The van der Waals surface area contributed by atoms with Gasteiger partial charge in [-0.2, -0.15) is 0 Å². The molecule has 90 valence electrons. The van der Waals surface area contributed by atoms with Crippen molar-refractivity contribution in [3.05, 3.63) is 18.2 Å². The Hall–Kier alpha value is -1.53. The summed E-state index contributed by atoms with van der Waals surface area (Å²) in [6.45, 7) is 1.28. The number of aliphatic hydroxyl groups is 1. The fourth-order valence-electron chi connectivity index (χ4n) is 1.49. The zero-order valence-electron chi connectivity index (χ0n) is 9.19. The van der Waals surface area contributed by atoms with Crippen LogP contribution in [-0.4, -0.2) is 28.8 Å². The molecule has 1 aliphatic rings. The Morgan fingerprint density at radius 1 is 1.59 bits per heavy atom. The minimum atomic E-state index is -0.560. The smallest absolute Gasteiger partial charge is 0.250 e. The van der Waals surface area contributed by atoms with Crippen LogP contribution in [0.15, 0.2) is 23.1 Å². The lowest BCUT2D eigenvalue weighted by Crippen LogP contribution is -2.26. The van der Waals surface area contributed by atoms with Gasteiger partial charge in [-0.05, 0) is 25.1 Å². The normalized spacial score (nSPS) is 18.2. The quantitative estimate of drug-likeness (QED) is 0.735. The molecule has 0 aromatic heterocycles. The number of rotatable bonds is 2. The van der Waals surface area contributed by atoms with Crippen LogP contribution in [-0.2, 0) is 9.59 Å². The van der Waals surface area contributed by atoms with E-state index >= 15 is 0 Å². The lowest BCUT2D eigenvalue weighted by atomic mass is 10.2. The topological polar surface area (TPSA) is 78.4 Å². The summed E-state index contributed by atoms with van der Waals surface area (Å²) >= 11 is 1.48. The predicted molar refractivity (Wildman–Crippen MR) is 66.1 cm³/mol. The molecule has 1 unspecified atom stereocenters. The summed E-state index contributed by atoms with van der Waals surface area (Å²) in [4.78, 5) is 23.5. The Bertz CT molecular complexity index is 476. The van der Waals surface area contributed by atoms with E-state index in [9.17, 15) is 9.59 Å². The summed E-state index contributed by atoms with van der Waals surface area (Å²) < 4.78 is 0. The average molecular weight is 252 g/mol. The van der Waals surface area contributed by atoms with E-state index in [2.05, 4.69) is 10.6 Å². The van der Waals surface area contributed by atoms with Gasteiger partial charge in [-0.15, -0.1) is 11.8 Å². The molecule has 5 nitrogen and oxygen atoms in total.